The maximum absolute atomic E-state index is 12.0. The minimum absolute atomic E-state index is 0.0000562. The van der Waals surface area contributed by atoms with Gasteiger partial charge in [-0.05, 0) is 12.5 Å². The summed E-state index contributed by atoms with van der Waals surface area (Å²) in [5.74, 6) is 0.0000562. The molecule has 1 atom stereocenters. The van der Waals surface area contributed by atoms with Gasteiger partial charge >= 0.3 is 0 Å². The quantitative estimate of drug-likeness (QED) is 0.802. The number of carbonyl (C=O) groups is 1. The lowest BCUT2D eigenvalue weighted by Gasteiger charge is -2.10. The first-order valence-corrected chi connectivity index (χ1v) is 7.88. The van der Waals surface area contributed by atoms with Gasteiger partial charge in [-0.15, -0.1) is 10.2 Å². The van der Waals surface area contributed by atoms with Crippen molar-refractivity contribution in [1.29, 1.82) is 0 Å². The summed E-state index contributed by atoms with van der Waals surface area (Å²) in [6.07, 6.45) is 0. The van der Waals surface area contributed by atoms with Crippen LogP contribution >= 0.6 is 23.1 Å². The van der Waals surface area contributed by atoms with E-state index in [-0.39, 0.29) is 11.2 Å². The van der Waals surface area contributed by atoms with E-state index >= 15 is 0 Å². The molecular weight excluding hydrogens is 292 g/mol. The Balaban J connectivity index is 1.82. The van der Waals surface area contributed by atoms with Gasteiger partial charge in [0.25, 0.3) is 0 Å². The van der Waals surface area contributed by atoms with Crippen molar-refractivity contribution in [3.8, 4) is 0 Å². The Bertz CT molecular complexity index is 559. The third-order valence-corrected chi connectivity index (χ3v) is 4.70. The minimum atomic E-state index is -0.198. The van der Waals surface area contributed by atoms with Crippen molar-refractivity contribution in [2.24, 2.45) is 0 Å². The number of anilines is 1. The molecule has 0 unspecified atom stereocenters. The summed E-state index contributed by atoms with van der Waals surface area (Å²) in [4.78, 5) is 12.0. The Labute approximate surface area is 126 Å². The summed E-state index contributed by atoms with van der Waals surface area (Å²) < 4.78 is 0.789. The number of nitrogens with one attached hydrogen (secondary N) is 2. The van der Waals surface area contributed by atoms with Gasteiger partial charge in [0.2, 0.25) is 11.0 Å². The zero-order valence-corrected chi connectivity index (χ0v) is 12.9. The number of rotatable bonds is 6. The van der Waals surface area contributed by atoms with Crippen LogP contribution in [0.25, 0.3) is 0 Å². The number of aromatic nitrogens is 2. The molecule has 1 aromatic carbocycles. The molecule has 5 nitrogen and oxygen atoms in total. The van der Waals surface area contributed by atoms with E-state index in [1.165, 1.54) is 23.1 Å². The third kappa shape index (κ3) is 4.21. The van der Waals surface area contributed by atoms with E-state index in [9.17, 15) is 4.79 Å². The number of amides is 1. The molecular formula is C13H16N4OS2. The fourth-order valence-electron chi connectivity index (χ4n) is 1.49. The standard InChI is InChI=1S/C13H16N4OS2/c1-9(19-13-17-16-12(14-2)20-13)11(18)15-8-10-6-4-3-5-7-10/h3-7,9H,8H2,1-2H3,(H,14,16)(H,15,18)/t9-/m0/s1. The van der Waals surface area contributed by atoms with Gasteiger partial charge in [-0.2, -0.15) is 0 Å². The molecule has 7 heteroatoms. The van der Waals surface area contributed by atoms with Crippen LogP contribution in [0.3, 0.4) is 0 Å². The van der Waals surface area contributed by atoms with Crippen LogP contribution in [0, 0.1) is 0 Å². The molecule has 0 spiro atoms. The molecule has 0 saturated carbocycles. The molecule has 0 aliphatic heterocycles. The molecule has 2 N–H and O–H groups in total. The average Bonchev–Trinajstić information content (AvgIpc) is 2.93. The van der Waals surface area contributed by atoms with Crippen LogP contribution in [0.1, 0.15) is 12.5 Å². The van der Waals surface area contributed by atoms with Crippen molar-refractivity contribution in [1.82, 2.24) is 15.5 Å². The van der Waals surface area contributed by atoms with Gasteiger partial charge < -0.3 is 10.6 Å². The van der Waals surface area contributed by atoms with Crippen molar-refractivity contribution in [2.45, 2.75) is 23.1 Å². The molecule has 0 aliphatic rings. The van der Waals surface area contributed by atoms with Crippen LogP contribution in [-0.4, -0.2) is 28.4 Å². The van der Waals surface area contributed by atoms with E-state index in [1.54, 1.807) is 7.05 Å². The summed E-state index contributed by atoms with van der Waals surface area (Å²) in [5.41, 5.74) is 1.09. The normalized spacial score (nSPS) is 11.9. The second kappa shape index (κ2) is 7.25. The molecule has 20 heavy (non-hydrogen) atoms. The lowest BCUT2D eigenvalue weighted by atomic mass is 10.2. The van der Waals surface area contributed by atoms with Crippen LogP contribution in [0.4, 0.5) is 5.13 Å². The summed E-state index contributed by atoms with van der Waals surface area (Å²) in [5, 5.41) is 14.4. The highest BCUT2D eigenvalue weighted by Gasteiger charge is 2.16. The molecule has 1 aromatic heterocycles. The van der Waals surface area contributed by atoms with Crippen LogP contribution in [0.5, 0.6) is 0 Å². The highest BCUT2D eigenvalue weighted by Crippen LogP contribution is 2.28. The van der Waals surface area contributed by atoms with Crippen LogP contribution in [-0.2, 0) is 11.3 Å². The monoisotopic (exact) mass is 308 g/mol. The van der Waals surface area contributed by atoms with Crippen molar-refractivity contribution < 1.29 is 4.79 Å². The summed E-state index contributed by atoms with van der Waals surface area (Å²) >= 11 is 2.86. The molecule has 2 rings (SSSR count). The first-order chi connectivity index (χ1) is 9.69. The first kappa shape index (κ1) is 14.8. The minimum Gasteiger partial charge on any atom is -0.363 e. The summed E-state index contributed by atoms with van der Waals surface area (Å²) in [7, 11) is 1.80. The molecule has 2 aromatic rings. The SMILES string of the molecule is CNc1nnc(S[C@@H](C)C(=O)NCc2ccccc2)s1. The highest BCUT2D eigenvalue weighted by atomic mass is 32.2. The number of carbonyl (C=O) groups excluding carboxylic acids is 1. The second-order valence-corrected chi connectivity index (χ2v) is 6.65. The molecule has 0 fully saturated rings. The fraction of sp³-hybridized carbons (Fsp3) is 0.308. The van der Waals surface area contributed by atoms with Gasteiger partial charge in [-0.1, -0.05) is 53.4 Å². The van der Waals surface area contributed by atoms with Crippen molar-refractivity contribution in [2.75, 3.05) is 12.4 Å². The van der Waals surface area contributed by atoms with Crippen LogP contribution in [0.15, 0.2) is 34.7 Å². The smallest absolute Gasteiger partial charge is 0.233 e. The van der Waals surface area contributed by atoms with E-state index in [4.69, 9.17) is 0 Å². The Morgan fingerprint density at radius 3 is 2.75 bits per heavy atom. The maximum atomic E-state index is 12.0. The molecule has 1 amide bonds. The predicted octanol–water partition coefficient (Wildman–Crippen LogP) is 2.38. The van der Waals surface area contributed by atoms with Gasteiger partial charge in [0.05, 0.1) is 5.25 Å². The Hall–Kier alpha value is -1.60. The zero-order valence-electron chi connectivity index (χ0n) is 11.3. The van der Waals surface area contributed by atoms with E-state index < -0.39 is 0 Å². The molecule has 1 heterocycles. The van der Waals surface area contributed by atoms with Crippen molar-refractivity contribution in [3.63, 3.8) is 0 Å². The van der Waals surface area contributed by atoms with Gasteiger partial charge in [-0.25, -0.2) is 0 Å². The molecule has 0 aliphatic carbocycles. The van der Waals surface area contributed by atoms with Gasteiger partial charge in [0, 0.05) is 13.6 Å². The van der Waals surface area contributed by atoms with E-state index in [0.29, 0.717) is 6.54 Å². The number of thioether (sulfide) groups is 1. The fourth-order valence-corrected chi connectivity index (χ4v) is 3.37. The van der Waals surface area contributed by atoms with Crippen LogP contribution in [0.2, 0.25) is 0 Å². The maximum Gasteiger partial charge on any atom is 0.233 e. The molecule has 0 saturated heterocycles. The average molecular weight is 308 g/mol. The lowest BCUT2D eigenvalue weighted by Crippen LogP contribution is -2.30. The topological polar surface area (TPSA) is 66.9 Å². The largest absolute Gasteiger partial charge is 0.363 e. The number of hydrogen-bond acceptors (Lipinski definition) is 6. The summed E-state index contributed by atoms with van der Waals surface area (Å²) in [6.45, 7) is 2.41. The van der Waals surface area contributed by atoms with Crippen LogP contribution < -0.4 is 10.6 Å². The third-order valence-electron chi connectivity index (χ3n) is 2.58. The zero-order chi connectivity index (χ0) is 14.4. The van der Waals surface area contributed by atoms with E-state index in [1.807, 2.05) is 37.3 Å². The first-order valence-electron chi connectivity index (χ1n) is 6.18. The number of nitrogens with zero attached hydrogens (tertiary/aromatic N) is 2. The molecule has 0 radical (unpaired) electrons. The number of hydrogen-bond donors (Lipinski definition) is 2. The number of benzene rings is 1. The Kier molecular flexibility index (Phi) is 5.37. The van der Waals surface area contributed by atoms with Gasteiger partial charge in [-0.3, -0.25) is 4.79 Å². The van der Waals surface area contributed by atoms with Gasteiger partial charge in [0.1, 0.15) is 0 Å². The lowest BCUT2D eigenvalue weighted by molar-refractivity contribution is -0.120. The molecule has 0 bridgehead atoms. The Morgan fingerprint density at radius 1 is 1.35 bits per heavy atom. The summed E-state index contributed by atoms with van der Waals surface area (Å²) in [6, 6.07) is 9.85. The van der Waals surface area contributed by atoms with Crippen molar-refractivity contribution >= 4 is 34.1 Å². The highest BCUT2D eigenvalue weighted by molar-refractivity contribution is 8.02. The Morgan fingerprint density at radius 2 is 2.10 bits per heavy atom. The van der Waals surface area contributed by atoms with E-state index in [2.05, 4.69) is 20.8 Å². The van der Waals surface area contributed by atoms with Gasteiger partial charge in [0.15, 0.2) is 4.34 Å². The molecule has 106 valence electrons. The van der Waals surface area contributed by atoms with E-state index in [0.717, 1.165) is 15.0 Å². The predicted molar refractivity (Wildman–Crippen MR) is 83.1 cm³/mol. The van der Waals surface area contributed by atoms with Crippen molar-refractivity contribution in [3.05, 3.63) is 35.9 Å². The second-order valence-electron chi connectivity index (χ2n) is 4.09.